The number of benzene rings is 1. The number of fused-ring (bicyclic) bond motifs is 4. The average Bonchev–Trinajstić information content (AvgIpc) is 2.98. The maximum absolute atomic E-state index is 5.13. The van der Waals surface area contributed by atoms with E-state index in [0.717, 1.165) is 6.42 Å². The molecule has 3 heteroatoms. The number of rotatable bonds is 1. The van der Waals surface area contributed by atoms with Gasteiger partial charge in [-0.05, 0) is 73.6 Å². The number of halogens is 1. The molecule has 1 aromatic carbocycles. The van der Waals surface area contributed by atoms with Crippen molar-refractivity contribution in [2.24, 2.45) is 0 Å². The second-order valence-corrected chi connectivity index (χ2v) is 7.96. The van der Waals surface area contributed by atoms with E-state index in [2.05, 4.69) is 30.3 Å². The van der Waals surface area contributed by atoms with Crippen molar-refractivity contribution in [3.8, 4) is 11.1 Å². The van der Waals surface area contributed by atoms with E-state index in [1.807, 2.05) is 11.3 Å². The van der Waals surface area contributed by atoms with Crippen LogP contribution in [0.5, 0.6) is 0 Å². The van der Waals surface area contributed by atoms with Crippen LogP contribution in [0.25, 0.3) is 21.3 Å². The molecule has 3 aromatic rings. The van der Waals surface area contributed by atoms with Crippen molar-refractivity contribution in [1.29, 1.82) is 0 Å². The van der Waals surface area contributed by atoms with Gasteiger partial charge in [-0.15, -0.1) is 23.7 Å². The van der Waals surface area contributed by atoms with Crippen LogP contribution >= 0.6 is 23.7 Å². The minimum Gasteiger partial charge on any atom is -0.242 e. The molecule has 0 unspecified atom stereocenters. The van der Waals surface area contributed by atoms with E-state index >= 15 is 0 Å². The molecule has 0 bridgehead atoms. The van der Waals surface area contributed by atoms with Crippen LogP contribution in [0.1, 0.15) is 47.4 Å². The fraction of sp³-hybridized carbons (Fsp3) is 0.381. The minimum atomic E-state index is 0. The van der Waals surface area contributed by atoms with Crippen LogP contribution in [0.15, 0.2) is 30.3 Å². The van der Waals surface area contributed by atoms with Gasteiger partial charge in [-0.25, -0.2) is 4.98 Å². The van der Waals surface area contributed by atoms with E-state index < -0.39 is 0 Å². The van der Waals surface area contributed by atoms with Crippen LogP contribution in [-0.4, -0.2) is 4.98 Å². The topological polar surface area (TPSA) is 12.9 Å². The molecule has 24 heavy (non-hydrogen) atoms. The van der Waals surface area contributed by atoms with Crippen molar-refractivity contribution < 1.29 is 0 Å². The lowest BCUT2D eigenvalue weighted by atomic mass is 9.85. The van der Waals surface area contributed by atoms with Gasteiger partial charge in [0.2, 0.25) is 0 Å². The highest BCUT2D eigenvalue weighted by Gasteiger charge is 2.25. The lowest BCUT2D eigenvalue weighted by molar-refractivity contribution is 0.672. The monoisotopic (exact) mass is 355 g/mol. The normalized spacial score (nSPS) is 16.3. The molecule has 2 aliphatic rings. The molecule has 2 aliphatic carbocycles. The number of hydrogen-bond acceptors (Lipinski definition) is 2. The van der Waals surface area contributed by atoms with Gasteiger partial charge in [0.1, 0.15) is 4.83 Å². The van der Waals surface area contributed by atoms with Crippen LogP contribution in [0, 0.1) is 0 Å². The Balaban J connectivity index is 0.00000146. The molecular formula is C21H22ClNS. The Labute approximate surface area is 153 Å². The Kier molecular flexibility index (Phi) is 4.36. The van der Waals surface area contributed by atoms with Crippen molar-refractivity contribution in [2.45, 2.75) is 51.4 Å². The molecule has 2 heterocycles. The number of hydrogen-bond donors (Lipinski definition) is 0. The predicted octanol–water partition coefficient (Wildman–Crippen LogP) is 6.14. The fourth-order valence-electron chi connectivity index (χ4n) is 4.37. The van der Waals surface area contributed by atoms with Crippen molar-refractivity contribution >= 4 is 34.0 Å². The van der Waals surface area contributed by atoms with Crippen LogP contribution < -0.4 is 0 Å². The van der Waals surface area contributed by atoms with E-state index in [4.69, 9.17) is 4.98 Å². The van der Waals surface area contributed by atoms with Gasteiger partial charge in [0.15, 0.2) is 0 Å². The van der Waals surface area contributed by atoms with Gasteiger partial charge in [-0.1, -0.05) is 30.3 Å². The zero-order valence-corrected chi connectivity index (χ0v) is 15.4. The second kappa shape index (κ2) is 6.50. The number of thiophene rings is 1. The minimum absolute atomic E-state index is 0. The molecule has 0 aliphatic heterocycles. The third-order valence-corrected chi connectivity index (χ3v) is 6.63. The number of nitrogens with zero attached hydrogens (tertiary/aromatic N) is 1. The number of aryl methyl sites for hydroxylation is 3. The Morgan fingerprint density at radius 1 is 0.792 bits per heavy atom. The molecule has 0 fully saturated rings. The van der Waals surface area contributed by atoms with Crippen LogP contribution in [0.4, 0.5) is 0 Å². The highest BCUT2D eigenvalue weighted by Crippen LogP contribution is 2.44. The van der Waals surface area contributed by atoms with Crippen molar-refractivity contribution in [3.05, 3.63) is 52.0 Å². The largest absolute Gasteiger partial charge is 0.242 e. The zero-order valence-electron chi connectivity index (χ0n) is 13.8. The molecule has 0 radical (unpaired) electrons. The Morgan fingerprint density at radius 2 is 1.50 bits per heavy atom. The summed E-state index contributed by atoms with van der Waals surface area (Å²) < 4.78 is 0. The van der Waals surface area contributed by atoms with Gasteiger partial charge in [0, 0.05) is 16.0 Å². The molecule has 5 rings (SSSR count). The highest BCUT2D eigenvalue weighted by atomic mass is 35.5. The Bertz CT molecular complexity index is 882. The molecule has 0 spiro atoms. The van der Waals surface area contributed by atoms with E-state index in [9.17, 15) is 0 Å². The molecular weight excluding hydrogens is 334 g/mol. The molecule has 0 amide bonds. The lowest BCUT2D eigenvalue weighted by Gasteiger charge is -2.21. The van der Waals surface area contributed by atoms with E-state index in [0.29, 0.717) is 0 Å². The summed E-state index contributed by atoms with van der Waals surface area (Å²) in [5, 5.41) is 1.50. The van der Waals surface area contributed by atoms with Gasteiger partial charge in [0.05, 0.1) is 0 Å². The Hall–Kier alpha value is -1.38. The highest BCUT2D eigenvalue weighted by molar-refractivity contribution is 7.19. The summed E-state index contributed by atoms with van der Waals surface area (Å²) in [5.74, 6) is 0. The number of pyridine rings is 1. The van der Waals surface area contributed by atoms with Gasteiger partial charge < -0.3 is 0 Å². The van der Waals surface area contributed by atoms with Crippen LogP contribution in [0.3, 0.4) is 0 Å². The molecule has 2 aromatic heterocycles. The van der Waals surface area contributed by atoms with E-state index in [-0.39, 0.29) is 12.4 Å². The molecule has 0 saturated heterocycles. The smallest absolute Gasteiger partial charge is 0.124 e. The van der Waals surface area contributed by atoms with Crippen LogP contribution in [0.2, 0.25) is 0 Å². The number of aromatic nitrogens is 1. The first-order chi connectivity index (χ1) is 11.4. The van der Waals surface area contributed by atoms with E-state index in [1.165, 1.54) is 72.0 Å². The van der Waals surface area contributed by atoms with E-state index in [1.54, 1.807) is 16.0 Å². The summed E-state index contributed by atoms with van der Waals surface area (Å²) in [6.07, 6.45) is 10.2. The average molecular weight is 356 g/mol. The summed E-state index contributed by atoms with van der Waals surface area (Å²) in [6, 6.07) is 11.1. The Morgan fingerprint density at radius 3 is 2.33 bits per heavy atom. The SMILES string of the molecule is Cl.c1ccc(-c2c3c(nc4sc5c(c24)CCCC5)CCCC3)cc1. The van der Waals surface area contributed by atoms with Crippen molar-refractivity contribution in [3.63, 3.8) is 0 Å². The molecule has 1 nitrogen and oxygen atoms in total. The standard InChI is InChI=1S/C21H21NS.ClH/c1-2-8-14(9-3-1)19-15-10-4-6-12-17(15)22-21-20(19)16-11-5-7-13-18(16)23-21;/h1-3,8-9H,4-7,10-13H2;1H. The molecule has 124 valence electrons. The summed E-state index contributed by atoms with van der Waals surface area (Å²) in [7, 11) is 0. The van der Waals surface area contributed by atoms with Gasteiger partial charge in [-0.2, -0.15) is 0 Å². The lowest BCUT2D eigenvalue weighted by Crippen LogP contribution is -2.08. The third kappa shape index (κ3) is 2.48. The third-order valence-electron chi connectivity index (χ3n) is 5.44. The zero-order chi connectivity index (χ0) is 15.2. The molecule has 0 N–H and O–H groups in total. The maximum atomic E-state index is 5.13. The summed E-state index contributed by atoms with van der Waals surface area (Å²) >= 11 is 1.97. The summed E-state index contributed by atoms with van der Waals surface area (Å²) in [5.41, 5.74) is 7.45. The molecule has 0 saturated carbocycles. The maximum Gasteiger partial charge on any atom is 0.124 e. The first-order valence-corrected chi connectivity index (χ1v) is 9.75. The second-order valence-electron chi connectivity index (χ2n) is 6.88. The van der Waals surface area contributed by atoms with Crippen molar-refractivity contribution in [2.75, 3.05) is 0 Å². The van der Waals surface area contributed by atoms with Gasteiger partial charge in [0.25, 0.3) is 0 Å². The van der Waals surface area contributed by atoms with Gasteiger partial charge in [-0.3, -0.25) is 0 Å². The predicted molar refractivity (Wildman–Crippen MR) is 106 cm³/mol. The first-order valence-electron chi connectivity index (χ1n) is 8.93. The summed E-state index contributed by atoms with van der Waals surface area (Å²) in [4.78, 5) is 8.04. The summed E-state index contributed by atoms with van der Waals surface area (Å²) in [6.45, 7) is 0. The first kappa shape index (κ1) is 16.1. The fourth-order valence-corrected chi connectivity index (χ4v) is 5.66. The molecule has 0 atom stereocenters. The van der Waals surface area contributed by atoms with Crippen molar-refractivity contribution in [1.82, 2.24) is 4.98 Å². The quantitative estimate of drug-likeness (QED) is 0.510. The van der Waals surface area contributed by atoms with Gasteiger partial charge >= 0.3 is 0 Å². The van der Waals surface area contributed by atoms with Crippen LogP contribution in [-0.2, 0) is 25.7 Å².